The number of ether oxygens (including phenoxy) is 1. The Balaban J connectivity index is 1.25. The van der Waals surface area contributed by atoms with Gasteiger partial charge >= 0.3 is 0 Å². The zero-order valence-electron chi connectivity index (χ0n) is 19.6. The summed E-state index contributed by atoms with van der Waals surface area (Å²) in [5, 5.41) is 6.70. The Labute approximate surface area is 196 Å². The molecule has 2 aromatic rings. The Hall–Kier alpha value is -3.06. The number of benzene rings is 2. The fraction of sp³-hybridized carbons (Fsp3) is 0.462. The lowest BCUT2D eigenvalue weighted by Crippen LogP contribution is -2.42. The van der Waals surface area contributed by atoms with E-state index in [0.717, 1.165) is 43.5 Å². The average molecular weight is 450 g/mol. The van der Waals surface area contributed by atoms with Crippen molar-refractivity contribution >= 4 is 17.6 Å². The standard InChI is InChI=1S/C26H35N5O2/c1-2-27-26(29-18-21-10-12-22(13-11-21)19-30-15-5-6-16-30)28-14-7-17-31-23-8-3-4-9-24(23)33-20-25(31)32/h3-4,8-13H,2,5-7,14-20H2,1H3,(H2,27,28,29). The van der Waals surface area contributed by atoms with Crippen molar-refractivity contribution in [2.45, 2.75) is 39.3 Å². The molecular weight excluding hydrogens is 414 g/mol. The molecule has 0 unspecified atom stereocenters. The maximum absolute atomic E-state index is 12.3. The van der Waals surface area contributed by atoms with E-state index in [2.05, 4.69) is 46.7 Å². The van der Waals surface area contributed by atoms with Gasteiger partial charge in [0.2, 0.25) is 0 Å². The summed E-state index contributed by atoms with van der Waals surface area (Å²) in [4.78, 5) is 21.4. The molecule has 2 N–H and O–H groups in total. The second kappa shape index (κ2) is 11.7. The fourth-order valence-electron chi connectivity index (χ4n) is 4.30. The molecule has 0 bridgehead atoms. The normalized spacial score (nSPS) is 16.5. The van der Waals surface area contributed by atoms with E-state index in [-0.39, 0.29) is 12.5 Å². The van der Waals surface area contributed by atoms with E-state index < -0.39 is 0 Å². The minimum atomic E-state index is 0.00227. The zero-order valence-corrected chi connectivity index (χ0v) is 19.6. The number of nitrogens with one attached hydrogen (secondary N) is 2. The smallest absolute Gasteiger partial charge is 0.265 e. The second-order valence-corrected chi connectivity index (χ2v) is 8.58. The van der Waals surface area contributed by atoms with Gasteiger partial charge in [-0.25, -0.2) is 4.99 Å². The van der Waals surface area contributed by atoms with Crippen LogP contribution >= 0.6 is 0 Å². The van der Waals surface area contributed by atoms with Crippen molar-refractivity contribution in [2.75, 3.05) is 44.2 Å². The maximum atomic E-state index is 12.3. The van der Waals surface area contributed by atoms with E-state index in [1.54, 1.807) is 0 Å². The number of hydrogen-bond donors (Lipinski definition) is 2. The lowest BCUT2D eigenvalue weighted by molar-refractivity contribution is -0.121. The molecule has 1 saturated heterocycles. The van der Waals surface area contributed by atoms with Gasteiger partial charge in [0.25, 0.3) is 5.91 Å². The minimum Gasteiger partial charge on any atom is -0.482 e. The summed E-state index contributed by atoms with van der Waals surface area (Å²) in [6.45, 7) is 8.46. The third-order valence-electron chi connectivity index (χ3n) is 6.05. The minimum absolute atomic E-state index is 0.00227. The summed E-state index contributed by atoms with van der Waals surface area (Å²) in [7, 11) is 0. The van der Waals surface area contributed by atoms with Crippen LogP contribution in [-0.2, 0) is 17.9 Å². The molecule has 7 nitrogen and oxygen atoms in total. The molecule has 0 radical (unpaired) electrons. The molecule has 1 amide bonds. The third-order valence-corrected chi connectivity index (χ3v) is 6.05. The highest BCUT2D eigenvalue weighted by molar-refractivity contribution is 5.97. The number of para-hydroxylation sites is 2. The number of anilines is 1. The first-order chi connectivity index (χ1) is 16.2. The summed E-state index contributed by atoms with van der Waals surface area (Å²) in [5.41, 5.74) is 3.42. The van der Waals surface area contributed by atoms with E-state index in [9.17, 15) is 4.79 Å². The molecule has 1 fully saturated rings. The molecule has 33 heavy (non-hydrogen) atoms. The van der Waals surface area contributed by atoms with E-state index in [0.29, 0.717) is 13.1 Å². The van der Waals surface area contributed by atoms with Crippen LogP contribution in [0.2, 0.25) is 0 Å². The molecule has 176 valence electrons. The molecule has 0 saturated carbocycles. The van der Waals surface area contributed by atoms with Crippen LogP contribution in [0.5, 0.6) is 5.75 Å². The molecule has 0 atom stereocenters. The van der Waals surface area contributed by atoms with Crippen LogP contribution in [0.25, 0.3) is 0 Å². The van der Waals surface area contributed by atoms with E-state index in [1.165, 1.54) is 37.1 Å². The number of aliphatic imine (C=N–C) groups is 1. The monoisotopic (exact) mass is 449 g/mol. The lowest BCUT2D eigenvalue weighted by Gasteiger charge is -2.29. The number of carbonyl (C=O) groups is 1. The number of amides is 1. The Morgan fingerprint density at radius 1 is 1.03 bits per heavy atom. The van der Waals surface area contributed by atoms with Gasteiger partial charge in [-0.2, -0.15) is 0 Å². The van der Waals surface area contributed by atoms with E-state index in [4.69, 9.17) is 9.73 Å². The van der Waals surface area contributed by atoms with Crippen LogP contribution in [0, 0.1) is 0 Å². The molecule has 0 aliphatic carbocycles. The highest BCUT2D eigenvalue weighted by Crippen LogP contribution is 2.31. The first-order valence-corrected chi connectivity index (χ1v) is 12.1. The fourth-order valence-corrected chi connectivity index (χ4v) is 4.30. The van der Waals surface area contributed by atoms with Crippen molar-refractivity contribution in [3.63, 3.8) is 0 Å². The molecule has 0 aromatic heterocycles. The summed E-state index contributed by atoms with van der Waals surface area (Å²) in [5.74, 6) is 1.57. The van der Waals surface area contributed by atoms with Crippen LogP contribution in [0.1, 0.15) is 37.3 Å². The van der Waals surface area contributed by atoms with Gasteiger partial charge in [-0.3, -0.25) is 9.69 Å². The summed E-state index contributed by atoms with van der Waals surface area (Å²) < 4.78 is 5.52. The molecule has 7 heteroatoms. The summed E-state index contributed by atoms with van der Waals surface area (Å²) in [6, 6.07) is 16.5. The number of guanidine groups is 1. The lowest BCUT2D eigenvalue weighted by atomic mass is 10.1. The second-order valence-electron chi connectivity index (χ2n) is 8.58. The quantitative estimate of drug-likeness (QED) is 0.350. The highest BCUT2D eigenvalue weighted by atomic mass is 16.5. The summed E-state index contributed by atoms with van der Waals surface area (Å²) >= 11 is 0. The largest absolute Gasteiger partial charge is 0.482 e. The Bertz CT molecular complexity index is 938. The van der Waals surface area contributed by atoms with Gasteiger partial charge in [0.05, 0.1) is 12.2 Å². The Kier molecular flexibility index (Phi) is 8.19. The number of rotatable bonds is 9. The van der Waals surface area contributed by atoms with Crippen molar-refractivity contribution in [2.24, 2.45) is 4.99 Å². The molecule has 2 aliphatic rings. The molecule has 2 heterocycles. The Morgan fingerprint density at radius 3 is 2.58 bits per heavy atom. The van der Waals surface area contributed by atoms with Gasteiger partial charge in [-0.05, 0) is 62.5 Å². The van der Waals surface area contributed by atoms with E-state index >= 15 is 0 Å². The maximum Gasteiger partial charge on any atom is 0.265 e. The molecule has 2 aromatic carbocycles. The number of likely N-dealkylation sites (tertiary alicyclic amines) is 1. The van der Waals surface area contributed by atoms with Gasteiger partial charge in [0.15, 0.2) is 12.6 Å². The van der Waals surface area contributed by atoms with Crippen molar-refractivity contribution in [1.82, 2.24) is 15.5 Å². The van der Waals surface area contributed by atoms with Gasteiger partial charge in [-0.15, -0.1) is 0 Å². The molecule has 2 aliphatic heterocycles. The number of nitrogens with zero attached hydrogens (tertiary/aromatic N) is 3. The first-order valence-electron chi connectivity index (χ1n) is 12.1. The van der Waals surface area contributed by atoms with Crippen LogP contribution in [0.3, 0.4) is 0 Å². The summed E-state index contributed by atoms with van der Waals surface area (Å²) in [6.07, 6.45) is 3.46. The number of carbonyl (C=O) groups excluding carboxylic acids is 1. The predicted molar refractivity (Wildman–Crippen MR) is 133 cm³/mol. The van der Waals surface area contributed by atoms with Crippen molar-refractivity contribution in [3.8, 4) is 5.75 Å². The van der Waals surface area contributed by atoms with Gasteiger partial charge in [0, 0.05) is 26.2 Å². The van der Waals surface area contributed by atoms with E-state index in [1.807, 2.05) is 29.2 Å². The number of hydrogen-bond acceptors (Lipinski definition) is 4. The third kappa shape index (κ3) is 6.48. The van der Waals surface area contributed by atoms with Crippen molar-refractivity contribution in [1.29, 1.82) is 0 Å². The van der Waals surface area contributed by atoms with Gasteiger partial charge in [0.1, 0.15) is 5.75 Å². The first kappa shape index (κ1) is 23.1. The SMILES string of the molecule is CCNC(=NCc1ccc(CN2CCCC2)cc1)NCCCN1C(=O)COc2ccccc21. The van der Waals surface area contributed by atoms with Crippen molar-refractivity contribution < 1.29 is 9.53 Å². The topological polar surface area (TPSA) is 69.2 Å². The molecule has 0 spiro atoms. The zero-order chi connectivity index (χ0) is 22.9. The highest BCUT2D eigenvalue weighted by Gasteiger charge is 2.24. The van der Waals surface area contributed by atoms with Gasteiger partial charge in [-0.1, -0.05) is 36.4 Å². The van der Waals surface area contributed by atoms with Crippen LogP contribution in [0.4, 0.5) is 5.69 Å². The van der Waals surface area contributed by atoms with Crippen LogP contribution in [-0.4, -0.2) is 56.1 Å². The number of fused-ring (bicyclic) bond motifs is 1. The van der Waals surface area contributed by atoms with Gasteiger partial charge < -0.3 is 20.3 Å². The molecular formula is C26H35N5O2. The molecule has 4 rings (SSSR count). The van der Waals surface area contributed by atoms with Crippen LogP contribution < -0.4 is 20.3 Å². The predicted octanol–water partition coefficient (Wildman–Crippen LogP) is 3.15. The van der Waals surface area contributed by atoms with Crippen molar-refractivity contribution in [3.05, 3.63) is 59.7 Å². The van der Waals surface area contributed by atoms with Crippen LogP contribution in [0.15, 0.2) is 53.5 Å². The average Bonchev–Trinajstić information content (AvgIpc) is 3.35. The Morgan fingerprint density at radius 2 is 1.79 bits per heavy atom.